The highest BCUT2D eigenvalue weighted by Crippen LogP contribution is 2.34. The molecule has 3 amide bonds. The average Bonchev–Trinajstić information content (AvgIpc) is 3.33. The number of anilines is 2. The van der Waals surface area contributed by atoms with Crippen LogP contribution in [0.4, 0.5) is 11.4 Å². The van der Waals surface area contributed by atoms with Crippen molar-refractivity contribution in [2.24, 2.45) is 5.73 Å². The molecular weight excluding hydrogens is 520 g/mol. The second-order valence-electron chi connectivity index (χ2n) is 8.38. The van der Waals surface area contributed by atoms with Gasteiger partial charge in [0.2, 0.25) is 5.91 Å². The van der Waals surface area contributed by atoms with Crippen LogP contribution in [0, 0.1) is 0 Å². The summed E-state index contributed by atoms with van der Waals surface area (Å²) in [7, 11) is 1.53. The van der Waals surface area contributed by atoms with Crippen molar-refractivity contribution in [3.05, 3.63) is 76.9 Å². The first kappa shape index (κ1) is 27.5. The van der Waals surface area contributed by atoms with E-state index in [4.69, 9.17) is 20.9 Å². The van der Waals surface area contributed by atoms with Gasteiger partial charge in [-0.1, -0.05) is 12.1 Å². The van der Waals surface area contributed by atoms with Gasteiger partial charge in [-0.2, -0.15) is 4.37 Å². The van der Waals surface area contributed by atoms with Crippen molar-refractivity contribution in [1.29, 1.82) is 0 Å². The van der Waals surface area contributed by atoms with Gasteiger partial charge in [0.25, 0.3) is 11.8 Å². The van der Waals surface area contributed by atoms with Crippen LogP contribution in [0.3, 0.4) is 0 Å². The molecule has 0 aliphatic rings. The van der Waals surface area contributed by atoms with E-state index in [0.29, 0.717) is 23.6 Å². The third-order valence-electron chi connectivity index (χ3n) is 5.86. The summed E-state index contributed by atoms with van der Waals surface area (Å²) in [6, 6.07) is 14.6. The molecule has 39 heavy (non-hydrogen) atoms. The zero-order valence-corrected chi connectivity index (χ0v) is 22.2. The lowest BCUT2D eigenvalue weighted by Crippen LogP contribution is -2.44. The highest BCUT2D eigenvalue weighted by Gasteiger charge is 2.36. The fourth-order valence-corrected chi connectivity index (χ4v) is 4.79. The van der Waals surface area contributed by atoms with E-state index in [2.05, 4.69) is 14.7 Å². The lowest BCUT2D eigenvalue weighted by atomic mass is 10.00. The first-order chi connectivity index (χ1) is 18.8. The first-order valence-electron chi connectivity index (χ1n) is 12.1. The largest absolute Gasteiger partial charge is 0.494 e. The zero-order valence-electron chi connectivity index (χ0n) is 21.4. The molecule has 0 saturated carbocycles. The molecule has 4 rings (SSSR count). The van der Waals surface area contributed by atoms with Crippen LogP contribution >= 0.6 is 11.5 Å². The minimum atomic E-state index is -1.13. The molecule has 0 aliphatic heterocycles. The standard InChI is InChI=1S/C27H28N6O5S/c1-3-38-19-9-7-18(8-10-19)33(27(36)24-21(28)22(25(29)34)32-39-24)23(26(35)31-13-14-37-2)17-6-11-20-16(15-17)5-4-12-30-20/h4-12,15,23H,3,13-14,28H2,1-2H3,(H2,29,34)(H,31,35). The molecule has 12 heteroatoms. The Morgan fingerprint density at radius 3 is 2.56 bits per heavy atom. The number of pyridine rings is 1. The SMILES string of the molecule is CCOc1ccc(N(C(=O)c2snc(C(N)=O)c2N)C(C(=O)NCCOC)c2ccc3ncccc3c2)cc1. The molecule has 202 valence electrons. The van der Waals surface area contributed by atoms with Crippen LogP contribution in [0.25, 0.3) is 10.9 Å². The van der Waals surface area contributed by atoms with Gasteiger partial charge in [0.15, 0.2) is 5.69 Å². The van der Waals surface area contributed by atoms with Crippen LogP contribution in [-0.4, -0.2) is 53.9 Å². The van der Waals surface area contributed by atoms with Gasteiger partial charge in [-0.15, -0.1) is 0 Å². The second kappa shape index (κ2) is 12.3. The van der Waals surface area contributed by atoms with Gasteiger partial charge in [-0.3, -0.25) is 24.3 Å². The van der Waals surface area contributed by atoms with E-state index < -0.39 is 23.8 Å². The van der Waals surface area contributed by atoms with Crippen molar-refractivity contribution in [1.82, 2.24) is 14.7 Å². The van der Waals surface area contributed by atoms with Gasteiger partial charge in [-0.25, -0.2) is 0 Å². The predicted molar refractivity (Wildman–Crippen MR) is 149 cm³/mol. The number of amides is 3. The number of hydrogen-bond donors (Lipinski definition) is 3. The molecule has 2 aromatic heterocycles. The van der Waals surface area contributed by atoms with Crippen LogP contribution < -0.4 is 26.4 Å². The molecule has 0 bridgehead atoms. The number of carbonyl (C=O) groups is 3. The van der Waals surface area contributed by atoms with E-state index in [1.54, 1.807) is 48.7 Å². The maximum Gasteiger partial charge on any atom is 0.273 e. The number of fused-ring (bicyclic) bond motifs is 1. The molecule has 0 spiro atoms. The Morgan fingerprint density at radius 2 is 1.90 bits per heavy atom. The number of nitrogens with one attached hydrogen (secondary N) is 1. The molecule has 0 radical (unpaired) electrons. The molecule has 5 N–H and O–H groups in total. The number of nitrogens with two attached hydrogens (primary N) is 2. The van der Waals surface area contributed by atoms with Gasteiger partial charge >= 0.3 is 0 Å². The van der Waals surface area contributed by atoms with Crippen LogP contribution in [-0.2, 0) is 9.53 Å². The average molecular weight is 549 g/mol. The molecule has 11 nitrogen and oxygen atoms in total. The van der Waals surface area contributed by atoms with E-state index in [1.807, 2.05) is 19.1 Å². The molecule has 1 atom stereocenters. The summed E-state index contributed by atoms with van der Waals surface area (Å²) in [6.07, 6.45) is 1.68. The Morgan fingerprint density at radius 1 is 1.13 bits per heavy atom. The van der Waals surface area contributed by atoms with E-state index in [1.165, 1.54) is 12.0 Å². The zero-order chi connectivity index (χ0) is 27.9. The summed E-state index contributed by atoms with van der Waals surface area (Å²) in [5, 5.41) is 3.63. The van der Waals surface area contributed by atoms with Crippen LogP contribution in [0.1, 0.15) is 38.7 Å². The molecular formula is C27H28N6O5S. The summed E-state index contributed by atoms with van der Waals surface area (Å²) in [5.41, 5.74) is 12.8. The number of nitrogen functional groups attached to an aromatic ring is 1. The van der Waals surface area contributed by atoms with Gasteiger partial charge in [0.05, 0.1) is 24.4 Å². The number of hydrogen-bond acceptors (Lipinski definition) is 9. The van der Waals surface area contributed by atoms with Crippen molar-refractivity contribution in [3.8, 4) is 5.75 Å². The lowest BCUT2D eigenvalue weighted by Gasteiger charge is -2.31. The molecule has 4 aromatic rings. The normalized spacial score (nSPS) is 11.6. The number of ether oxygens (including phenoxy) is 2. The predicted octanol–water partition coefficient (Wildman–Crippen LogP) is 2.92. The summed E-state index contributed by atoms with van der Waals surface area (Å²) in [6.45, 7) is 2.83. The van der Waals surface area contributed by atoms with Gasteiger partial charge in [0, 0.05) is 30.9 Å². The van der Waals surface area contributed by atoms with E-state index in [0.717, 1.165) is 22.4 Å². The highest BCUT2D eigenvalue weighted by molar-refractivity contribution is 7.09. The number of nitrogens with zero attached hydrogens (tertiary/aromatic N) is 3. The number of aromatic nitrogens is 2. The monoisotopic (exact) mass is 548 g/mol. The minimum absolute atomic E-state index is 0.0187. The Kier molecular flexibility index (Phi) is 8.69. The van der Waals surface area contributed by atoms with Crippen molar-refractivity contribution >= 4 is 51.5 Å². The molecule has 0 fully saturated rings. The Bertz CT molecular complexity index is 1490. The first-order valence-corrected chi connectivity index (χ1v) is 12.9. The summed E-state index contributed by atoms with van der Waals surface area (Å²) in [5.74, 6) is -1.33. The quantitative estimate of drug-likeness (QED) is 0.241. The maximum absolute atomic E-state index is 14.1. The van der Waals surface area contributed by atoms with Gasteiger partial charge in [-0.05, 0) is 66.5 Å². The Labute approximate surface area is 228 Å². The van der Waals surface area contributed by atoms with Gasteiger partial charge in [0.1, 0.15) is 16.7 Å². The smallest absolute Gasteiger partial charge is 0.273 e. The molecule has 2 aromatic carbocycles. The van der Waals surface area contributed by atoms with Crippen molar-refractivity contribution < 1.29 is 23.9 Å². The number of carbonyl (C=O) groups excluding carboxylic acids is 3. The number of benzene rings is 2. The van der Waals surface area contributed by atoms with Crippen LogP contribution in [0.5, 0.6) is 5.75 Å². The van der Waals surface area contributed by atoms with Crippen molar-refractivity contribution in [2.45, 2.75) is 13.0 Å². The minimum Gasteiger partial charge on any atom is -0.494 e. The number of methoxy groups -OCH3 is 1. The van der Waals surface area contributed by atoms with Crippen LogP contribution in [0.2, 0.25) is 0 Å². The van der Waals surface area contributed by atoms with E-state index in [9.17, 15) is 14.4 Å². The van der Waals surface area contributed by atoms with Crippen molar-refractivity contribution in [2.75, 3.05) is 37.5 Å². The third-order valence-corrected chi connectivity index (χ3v) is 6.71. The Balaban J connectivity index is 1.89. The van der Waals surface area contributed by atoms with Gasteiger partial charge < -0.3 is 26.3 Å². The van der Waals surface area contributed by atoms with Crippen molar-refractivity contribution in [3.63, 3.8) is 0 Å². The second-order valence-corrected chi connectivity index (χ2v) is 9.16. The summed E-state index contributed by atoms with van der Waals surface area (Å²) >= 11 is 0.742. The topological polar surface area (TPSA) is 163 Å². The molecule has 1 unspecified atom stereocenters. The summed E-state index contributed by atoms with van der Waals surface area (Å²) in [4.78, 5) is 45.4. The third kappa shape index (κ3) is 5.97. The molecule has 0 aliphatic carbocycles. The molecule has 0 saturated heterocycles. The Hall–Kier alpha value is -4.55. The molecule has 2 heterocycles. The number of primary amides is 1. The fourth-order valence-electron chi connectivity index (χ4n) is 4.05. The fraction of sp³-hybridized carbons (Fsp3) is 0.222. The van der Waals surface area contributed by atoms with E-state index in [-0.39, 0.29) is 29.4 Å². The van der Waals surface area contributed by atoms with E-state index >= 15 is 0 Å². The number of rotatable bonds is 11. The maximum atomic E-state index is 14.1. The van der Waals surface area contributed by atoms with Crippen LogP contribution in [0.15, 0.2) is 60.8 Å². The summed E-state index contributed by atoms with van der Waals surface area (Å²) < 4.78 is 14.6. The highest BCUT2D eigenvalue weighted by atomic mass is 32.1. The lowest BCUT2D eigenvalue weighted by molar-refractivity contribution is -0.122.